The summed E-state index contributed by atoms with van der Waals surface area (Å²) < 4.78 is 1.13. The van der Waals surface area contributed by atoms with Crippen LogP contribution in [0.3, 0.4) is 0 Å². The molecule has 1 fully saturated rings. The van der Waals surface area contributed by atoms with Gasteiger partial charge in [-0.25, -0.2) is 0 Å². The number of benzene rings is 1. The zero-order valence-electron chi connectivity index (χ0n) is 13.5. The molecule has 2 rings (SSSR count). The summed E-state index contributed by atoms with van der Waals surface area (Å²) in [6.45, 7) is 5.36. The Morgan fingerprint density at radius 2 is 1.86 bits per heavy atom. The third kappa shape index (κ3) is 4.28. The fourth-order valence-corrected chi connectivity index (χ4v) is 3.47. The quantitative estimate of drug-likeness (QED) is 0.883. The maximum Gasteiger partial charge on any atom is 0.0343 e. The average molecular weight is 354 g/mol. The smallest absolute Gasteiger partial charge is 0.0343 e. The van der Waals surface area contributed by atoms with E-state index in [9.17, 15) is 0 Å². The highest BCUT2D eigenvalue weighted by Crippen LogP contribution is 2.26. The van der Waals surface area contributed by atoms with E-state index >= 15 is 0 Å². The molecule has 1 unspecified atom stereocenters. The van der Waals surface area contributed by atoms with Crippen molar-refractivity contribution in [3.63, 3.8) is 0 Å². The normalized spacial score (nSPS) is 20.7. The SMILES string of the molecule is CN1CCC(N(C)C(C)(CN)Cc2ccc(Br)cc2)CC1. The molecule has 1 aliphatic rings. The molecule has 0 amide bonds. The van der Waals surface area contributed by atoms with Gasteiger partial charge in [-0.1, -0.05) is 28.1 Å². The first kappa shape index (κ1) is 16.9. The van der Waals surface area contributed by atoms with E-state index in [1.807, 2.05) is 0 Å². The Kier molecular flexibility index (Phi) is 5.83. The average Bonchev–Trinajstić information content (AvgIpc) is 2.49. The van der Waals surface area contributed by atoms with Crippen molar-refractivity contribution in [1.29, 1.82) is 0 Å². The molecule has 1 heterocycles. The van der Waals surface area contributed by atoms with E-state index in [-0.39, 0.29) is 5.54 Å². The van der Waals surface area contributed by atoms with Crippen molar-refractivity contribution in [2.45, 2.75) is 37.8 Å². The lowest BCUT2D eigenvalue weighted by atomic mass is 9.88. The zero-order chi connectivity index (χ0) is 15.5. The lowest BCUT2D eigenvalue weighted by Crippen LogP contribution is -2.57. The molecular formula is C17H28BrN3. The van der Waals surface area contributed by atoms with Gasteiger partial charge in [-0.15, -0.1) is 0 Å². The van der Waals surface area contributed by atoms with Gasteiger partial charge in [0.05, 0.1) is 0 Å². The molecule has 0 spiro atoms. The molecule has 21 heavy (non-hydrogen) atoms. The number of hydrogen-bond donors (Lipinski definition) is 1. The summed E-state index contributed by atoms with van der Waals surface area (Å²) in [4.78, 5) is 4.95. The Balaban J connectivity index is 2.06. The Labute approximate surface area is 137 Å². The maximum absolute atomic E-state index is 6.16. The van der Waals surface area contributed by atoms with Crippen molar-refractivity contribution in [3.8, 4) is 0 Å². The highest BCUT2D eigenvalue weighted by atomic mass is 79.9. The molecule has 4 heteroatoms. The first-order valence-electron chi connectivity index (χ1n) is 7.80. The summed E-state index contributed by atoms with van der Waals surface area (Å²) in [7, 11) is 4.46. The van der Waals surface area contributed by atoms with Crippen LogP contribution in [-0.4, -0.2) is 55.1 Å². The van der Waals surface area contributed by atoms with Gasteiger partial charge in [0.15, 0.2) is 0 Å². The third-order valence-electron chi connectivity index (χ3n) is 5.03. The number of nitrogens with zero attached hydrogens (tertiary/aromatic N) is 2. The maximum atomic E-state index is 6.16. The second-order valence-corrected chi connectivity index (χ2v) is 7.57. The molecule has 0 aliphatic carbocycles. The van der Waals surface area contributed by atoms with Crippen LogP contribution in [0.1, 0.15) is 25.3 Å². The Morgan fingerprint density at radius 1 is 1.29 bits per heavy atom. The van der Waals surface area contributed by atoms with Crippen LogP contribution in [0, 0.1) is 0 Å². The fourth-order valence-electron chi connectivity index (χ4n) is 3.21. The molecule has 0 aromatic heterocycles. The van der Waals surface area contributed by atoms with E-state index < -0.39 is 0 Å². The Morgan fingerprint density at radius 3 is 2.38 bits per heavy atom. The number of rotatable bonds is 5. The van der Waals surface area contributed by atoms with Crippen molar-refractivity contribution >= 4 is 15.9 Å². The summed E-state index contributed by atoms with van der Waals surface area (Å²) in [5, 5.41) is 0. The summed E-state index contributed by atoms with van der Waals surface area (Å²) in [5.74, 6) is 0. The first-order valence-corrected chi connectivity index (χ1v) is 8.60. The van der Waals surface area contributed by atoms with Crippen molar-refractivity contribution in [2.75, 3.05) is 33.7 Å². The molecular weight excluding hydrogens is 326 g/mol. The topological polar surface area (TPSA) is 32.5 Å². The van der Waals surface area contributed by atoms with Crippen LogP contribution in [0.2, 0.25) is 0 Å². The van der Waals surface area contributed by atoms with Crippen LogP contribution in [0.25, 0.3) is 0 Å². The molecule has 0 bridgehead atoms. The molecule has 1 saturated heterocycles. The molecule has 1 aromatic rings. The molecule has 1 aromatic carbocycles. The van der Waals surface area contributed by atoms with E-state index in [4.69, 9.17) is 5.73 Å². The predicted molar refractivity (Wildman–Crippen MR) is 93.6 cm³/mol. The fraction of sp³-hybridized carbons (Fsp3) is 0.647. The highest BCUT2D eigenvalue weighted by Gasteiger charge is 2.34. The molecule has 1 atom stereocenters. The number of hydrogen-bond acceptors (Lipinski definition) is 3. The molecule has 118 valence electrons. The third-order valence-corrected chi connectivity index (χ3v) is 5.55. The summed E-state index contributed by atoms with van der Waals surface area (Å²) >= 11 is 3.50. The van der Waals surface area contributed by atoms with Gasteiger partial charge >= 0.3 is 0 Å². The van der Waals surface area contributed by atoms with E-state index in [1.165, 1.54) is 31.5 Å². The predicted octanol–water partition coefficient (Wildman–Crippen LogP) is 2.74. The van der Waals surface area contributed by atoms with Crippen molar-refractivity contribution in [2.24, 2.45) is 5.73 Å². The van der Waals surface area contributed by atoms with Gasteiger partial charge in [-0.3, -0.25) is 4.90 Å². The standard InChI is InChI=1S/C17H28BrN3/c1-17(13-19,12-14-4-6-15(18)7-5-14)21(3)16-8-10-20(2)11-9-16/h4-7,16H,8-13,19H2,1-3H3. The van der Waals surface area contributed by atoms with Crippen LogP contribution in [0.15, 0.2) is 28.7 Å². The number of likely N-dealkylation sites (tertiary alicyclic amines) is 1. The minimum atomic E-state index is 0.0222. The van der Waals surface area contributed by atoms with Gasteiger partial charge in [0.1, 0.15) is 0 Å². The second-order valence-electron chi connectivity index (χ2n) is 6.65. The lowest BCUT2D eigenvalue weighted by Gasteiger charge is -2.45. The summed E-state index contributed by atoms with van der Waals surface area (Å²) in [6.07, 6.45) is 3.48. The minimum absolute atomic E-state index is 0.0222. The van der Waals surface area contributed by atoms with Gasteiger partial charge in [0.2, 0.25) is 0 Å². The highest BCUT2D eigenvalue weighted by molar-refractivity contribution is 9.10. The van der Waals surface area contributed by atoms with Crippen LogP contribution in [-0.2, 0) is 6.42 Å². The van der Waals surface area contributed by atoms with E-state index in [1.54, 1.807) is 0 Å². The van der Waals surface area contributed by atoms with E-state index in [0.29, 0.717) is 12.6 Å². The lowest BCUT2D eigenvalue weighted by molar-refractivity contribution is 0.0544. The molecule has 1 aliphatic heterocycles. The Bertz CT molecular complexity index is 440. The van der Waals surface area contributed by atoms with E-state index in [0.717, 1.165) is 10.9 Å². The molecule has 2 N–H and O–H groups in total. The van der Waals surface area contributed by atoms with Gasteiger partial charge in [0, 0.05) is 22.6 Å². The van der Waals surface area contributed by atoms with Crippen LogP contribution in [0.4, 0.5) is 0 Å². The van der Waals surface area contributed by atoms with Crippen LogP contribution >= 0.6 is 15.9 Å². The Hall–Kier alpha value is -0.420. The summed E-state index contributed by atoms with van der Waals surface area (Å²) in [6, 6.07) is 9.26. The van der Waals surface area contributed by atoms with Crippen molar-refractivity contribution in [1.82, 2.24) is 9.80 Å². The van der Waals surface area contributed by atoms with Crippen LogP contribution in [0.5, 0.6) is 0 Å². The van der Waals surface area contributed by atoms with Crippen molar-refractivity contribution < 1.29 is 0 Å². The number of likely N-dealkylation sites (N-methyl/N-ethyl adjacent to an activating group) is 1. The van der Waals surface area contributed by atoms with Gasteiger partial charge in [-0.05, 0) is 71.1 Å². The van der Waals surface area contributed by atoms with Crippen LogP contribution < -0.4 is 5.73 Å². The summed E-state index contributed by atoms with van der Waals surface area (Å²) in [5.41, 5.74) is 7.53. The van der Waals surface area contributed by atoms with Crippen molar-refractivity contribution in [3.05, 3.63) is 34.3 Å². The molecule has 0 saturated carbocycles. The zero-order valence-corrected chi connectivity index (χ0v) is 15.1. The molecule has 0 radical (unpaired) electrons. The van der Waals surface area contributed by atoms with Gasteiger partial charge < -0.3 is 10.6 Å². The second kappa shape index (κ2) is 7.23. The monoisotopic (exact) mass is 353 g/mol. The van der Waals surface area contributed by atoms with Gasteiger partial charge in [0.25, 0.3) is 0 Å². The number of halogens is 1. The molecule has 3 nitrogen and oxygen atoms in total. The van der Waals surface area contributed by atoms with Gasteiger partial charge in [-0.2, -0.15) is 0 Å². The largest absolute Gasteiger partial charge is 0.329 e. The number of nitrogens with two attached hydrogens (primary N) is 1. The first-order chi connectivity index (χ1) is 9.94. The minimum Gasteiger partial charge on any atom is -0.329 e. The van der Waals surface area contributed by atoms with E-state index in [2.05, 4.69) is 71.0 Å². The number of piperidine rings is 1.